The van der Waals surface area contributed by atoms with Crippen LogP contribution in [0.1, 0.15) is 46.5 Å². The lowest BCUT2D eigenvalue weighted by atomic mass is 9.97. The summed E-state index contributed by atoms with van der Waals surface area (Å²) in [5, 5.41) is 22.6. The summed E-state index contributed by atoms with van der Waals surface area (Å²) in [6, 6.07) is 10.6. The van der Waals surface area contributed by atoms with E-state index < -0.39 is 5.60 Å². The molecule has 0 unspecified atom stereocenters. The number of nitrogens with one attached hydrogen (secondary N) is 1. The van der Waals surface area contributed by atoms with Gasteiger partial charge in [-0.1, -0.05) is 12.1 Å². The number of hydrogen-bond acceptors (Lipinski definition) is 11. The highest BCUT2D eigenvalue weighted by molar-refractivity contribution is 5.76. The van der Waals surface area contributed by atoms with Gasteiger partial charge < -0.3 is 44.4 Å². The van der Waals surface area contributed by atoms with Crippen LogP contribution in [0.15, 0.2) is 30.3 Å². The minimum atomic E-state index is -0.481. The molecule has 12 heteroatoms. The van der Waals surface area contributed by atoms with E-state index in [0.29, 0.717) is 43.0 Å². The molecule has 1 aromatic carbocycles. The lowest BCUT2D eigenvalue weighted by Crippen LogP contribution is -2.54. The molecule has 3 saturated heterocycles. The topological polar surface area (TPSA) is 110 Å². The van der Waals surface area contributed by atoms with E-state index in [0.717, 1.165) is 70.4 Å². The maximum atomic E-state index is 12.6. The van der Waals surface area contributed by atoms with E-state index in [4.69, 9.17) is 9.47 Å². The number of likely N-dealkylation sites (tertiary alicyclic amines) is 2. The number of aromatic hydroxyl groups is 1. The molecule has 4 aliphatic heterocycles. The van der Waals surface area contributed by atoms with E-state index in [2.05, 4.69) is 42.2 Å². The van der Waals surface area contributed by atoms with Crippen LogP contribution in [-0.2, 0) is 9.47 Å². The molecule has 0 bridgehead atoms. The van der Waals surface area contributed by atoms with Crippen molar-refractivity contribution in [2.24, 2.45) is 0 Å². The van der Waals surface area contributed by atoms with Gasteiger partial charge in [0, 0.05) is 56.9 Å². The smallest absolute Gasteiger partial charge is 0.410 e. The molecule has 2 aromatic rings. The average Bonchev–Trinajstić information content (AvgIpc) is 3.07. The number of anilines is 2. The van der Waals surface area contributed by atoms with Crippen LogP contribution >= 0.6 is 0 Å². The Kier molecular flexibility index (Phi) is 10.7. The number of nitrogens with zero attached hydrogens (tertiary/aromatic N) is 7. The van der Waals surface area contributed by atoms with Crippen molar-refractivity contribution in [2.75, 3.05) is 95.9 Å². The van der Waals surface area contributed by atoms with Gasteiger partial charge in [-0.25, -0.2) is 4.79 Å². The van der Waals surface area contributed by atoms with Gasteiger partial charge in [-0.05, 0) is 97.9 Å². The van der Waals surface area contributed by atoms with E-state index in [9.17, 15) is 9.90 Å². The van der Waals surface area contributed by atoms with Crippen molar-refractivity contribution in [3.63, 3.8) is 0 Å². The molecule has 3 fully saturated rings. The van der Waals surface area contributed by atoms with E-state index >= 15 is 0 Å². The van der Waals surface area contributed by atoms with Crippen LogP contribution in [0.25, 0.3) is 11.3 Å². The number of hydrogen-bond donors (Lipinski definition) is 2. The number of carbonyl (C=O) groups is 1. The van der Waals surface area contributed by atoms with Crippen LogP contribution in [0.5, 0.6) is 5.75 Å². The third-order valence-electron chi connectivity index (χ3n) is 10.1. The number of fused-ring (bicyclic) bond motifs is 1. The zero-order valence-electron chi connectivity index (χ0n) is 28.7. The number of rotatable bonds is 8. The molecule has 1 aromatic heterocycles. The highest BCUT2D eigenvalue weighted by Gasteiger charge is 2.33. The lowest BCUT2D eigenvalue weighted by Gasteiger charge is -2.44. The second-order valence-corrected chi connectivity index (χ2v) is 14.6. The SMILES string of the molecule is CN(CCN1CCNc2nnc(-c3ccccc3O)cc21)C1CCN(C2CCN(C[C@@H]3CN(C(=O)OC(C)(C)C)CCO3)CC2)CC1. The molecule has 258 valence electrons. The standard InChI is InChI=1S/C35H54N8O4/c1-35(2,3)47-34(45)43-21-22-46-28(25-43)24-40-14-9-27(10-15-40)41-16-11-26(12-17-41)39(4)19-20-42-18-13-36-33-31(42)23-30(37-38-33)29-7-5-6-8-32(29)44/h5-8,23,26-28,44H,9-22,24-25H2,1-4H3,(H,36,38)/t28-/m1/s1. The summed E-state index contributed by atoms with van der Waals surface area (Å²) in [6.07, 6.45) is 4.60. The van der Waals surface area contributed by atoms with Gasteiger partial charge in [0.15, 0.2) is 5.82 Å². The van der Waals surface area contributed by atoms with E-state index in [1.807, 2.05) is 45.0 Å². The van der Waals surface area contributed by atoms with E-state index in [1.54, 1.807) is 11.0 Å². The zero-order chi connectivity index (χ0) is 33.0. The Morgan fingerprint density at radius 3 is 2.57 bits per heavy atom. The second kappa shape index (κ2) is 14.9. The molecular formula is C35H54N8O4. The predicted molar refractivity (Wildman–Crippen MR) is 184 cm³/mol. The fraction of sp³-hybridized carbons (Fsp3) is 0.686. The third kappa shape index (κ3) is 8.65. The summed E-state index contributed by atoms with van der Waals surface area (Å²) in [5.41, 5.74) is 1.96. The van der Waals surface area contributed by atoms with Gasteiger partial charge in [0.05, 0.1) is 30.6 Å². The predicted octanol–water partition coefficient (Wildman–Crippen LogP) is 3.58. The van der Waals surface area contributed by atoms with Crippen molar-refractivity contribution in [3.8, 4) is 17.0 Å². The number of para-hydroxylation sites is 1. The van der Waals surface area contributed by atoms with Crippen molar-refractivity contribution in [1.29, 1.82) is 0 Å². The van der Waals surface area contributed by atoms with Crippen LogP contribution in [0, 0.1) is 0 Å². The Morgan fingerprint density at radius 2 is 1.83 bits per heavy atom. The summed E-state index contributed by atoms with van der Waals surface area (Å²) in [6.45, 7) is 16.5. The molecule has 5 heterocycles. The Balaban J connectivity index is 0.924. The van der Waals surface area contributed by atoms with Crippen molar-refractivity contribution in [2.45, 2.75) is 70.2 Å². The average molecular weight is 651 g/mol. The Morgan fingerprint density at radius 1 is 1.06 bits per heavy atom. The number of carbonyl (C=O) groups excluding carboxylic acids is 1. The number of benzene rings is 1. The molecule has 0 radical (unpaired) electrons. The summed E-state index contributed by atoms with van der Waals surface area (Å²) in [5.74, 6) is 1.03. The van der Waals surface area contributed by atoms with Crippen molar-refractivity contribution < 1.29 is 19.4 Å². The van der Waals surface area contributed by atoms with Gasteiger partial charge in [-0.2, -0.15) is 0 Å². The monoisotopic (exact) mass is 650 g/mol. The number of ether oxygens (including phenoxy) is 2. The van der Waals surface area contributed by atoms with Crippen LogP contribution in [0.3, 0.4) is 0 Å². The third-order valence-corrected chi connectivity index (χ3v) is 10.1. The Labute approximate surface area is 280 Å². The summed E-state index contributed by atoms with van der Waals surface area (Å²) >= 11 is 0. The molecule has 0 saturated carbocycles. The molecule has 6 rings (SSSR count). The quantitative estimate of drug-likeness (QED) is 0.438. The van der Waals surface area contributed by atoms with Crippen LogP contribution in [-0.4, -0.2) is 150 Å². The Bertz CT molecular complexity index is 1340. The number of amides is 1. The largest absolute Gasteiger partial charge is 0.507 e. The molecular weight excluding hydrogens is 596 g/mol. The number of aromatic nitrogens is 2. The van der Waals surface area contributed by atoms with Crippen LogP contribution < -0.4 is 10.2 Å². The van der Waals surface area contributed by atoms with Gasteiger partial charge in [0.25, 0.3) is 0 Å². The maximum absolute atomic E-state index is 12.6. The summed E-state index contributed by atoms with van der Waals surface area (Å²) in [7, 11) is 2.28. The molecule has 1 amide bonds. The van der Waals surface area contributed by atoms with Gasteiger partial charge in [0.1, 0.15) is 11.4 Å². The Hall–Kier alpha value is -3.19. The number of phenols is 1. The van der Waals surface area contributed by atoms with E-state index in [-0.39, 0.29) is 17.9 Å². The van der Waals surface area contributed by atoms with E-state index in [1.165, 1.54) is 25.7 Å². The first-order chi connectivity index (χ1) is 22.6. The van der Waals surface area contributed by atoms with Crippen LogP contribution in [0.4, 0.5) is 16.3 Å². The van der Waals surface area contributed by atoms with Crippen LogP contribution in [0.2, 0.25) is 0 Å². The minimum absolute atomic E-state index is 0.0426. The highest BCUT2D eigenvalue weighted by Crippen LogP contribution is 2.33. The molecule has 47 heavy (non-hydrogen) atoms. The van der Waals surface area contributed by atoms with Gasteiger partial charge >= 0.3 is 6.09 Å². The van der Waals surface area contributed by atoms with Crippen molar-refractivity contribution in [1.82, 2.24) is 29.8 Å². The molecule has 0 spiro atoms. The molecule has 0 aliphatic carbocycles. The zero-order valence-corrected chi connectivity index (χ0v) is 28.7. The van der Waals surface area contributed by atoms with Gasteiger partial charge in [-0.15, -0.1) is 10.2 Å². The number of morpholine rings is 1. The summed E-state index contributed by atoms with van der Waals surface area (Å²) < 4.78 is 11.6. The number of phenolic OH excluding ortho intramolecular Hbond substituents is 1. The fourth-order valence-corrected chi connectivity index (χ4v) is 7.46. The fourth-order valence-electron chi connectivity index (χ4n) is 7.46. The highest BCUT2D eigenvalue weighted by atomic mass is 16.6. The summed E-state index contributed by atoms with van der Waals surface area (Å²) in [4.78, 5) is 24.6. The number of likely N-dealkylation sites (N-methyl/N-ethyl adjacent to an activating group) is 1. The first-order valence-electron chi connectivity index (χ1n) is 17.5. The first kappa shape index (κ1) is 33.7. The second-order valence-electron chi connectivity index (χ2n) is 14.6. The maximum Gasteiger partial charge on any atom is 0.410 e. The van der Waals surface area contributed by atoms with Gasteiger partial charge in [-0.3, -0.25) is 0 Å². The lowest BCUT2D eigenvalue weighted by molar-refractivity contribution is -0.0560. The molecule has 4 aliphatic rings. The normalized spacial score (nSPS) is 22.3. The number of piperidine rings is 2. The van der Waals surface area contributed by atoms with Crippen molar-refractivity contribution >= 4 is 17.6 Å². The molecule has 1 atom stereocenters. The van der Waals surface area contributed by atoms with Gasteiger partial charge in [0.2, 0.25) is 0 Å². The molecule has 2 N–H and O–H groups in total. The van der Waals surface area contributed by atoms with Crippen molar-refractivity contribution in [3.05, 3.63) is 30.3 Å². The molecule has 12 nitrogen and oxygen atoms in total. The minimum Gasteiger partial charge on any atom is -0.507 e. The first-order valence-corrected chi connectivity index (χ1v) is 17.5.